The third kappa shape index (κ3) is 4.06. The minimum absolute atomic E-state index is 1.01. The number of allylic oxidation sites excluding steroid dienone is 2. The molecule has 1 rings (SSSR count). The minimum Gasteiger partial charge on any atom is -0.306 e. The van der Waals surface area contributed by atoms with Crippen LogP contribution in [0.4, 0.5) is 0 Å². The highest BCUT2D eigenvalue weighted by Gasteiger charge is 2.30. The molecule has 1 nitrogen and oxygen atoms in total. The van der Waals surface area contributed by atoms with E-state index in [2.05, 4.69) is 37.8 Å². The average molecular weight is 239 g/mol. The lowest BCUT2D eigenvalue weighted by Gasteiger charge is -2.37. The average Bonchev–Trinajstić information content (AvgIpc) is 2.36. The van der Waals surface area contributed by atoms with E-state index in [1.165, 1.54) is 56.7 Å². The van der Waals surface area contributed by atoms with Gasteiger partial charge < -0.3 is 4.90 Å². The van der Waals surface area contributed by atoms with E-state index < -0.39 is 8.07 Å². The lowest BCUT2D eigenvalue weighted by molar-refractivity contribution is 0.258. The third-order valence-electron chi connectivity index (χ3n) is 4.29. The van der Waals surface area contributed by atoms with Crippen molar-refractivity contribution in [1.82, 2.24) is 4.90 Å². The van der Waals surface area contributed by atoms with Crippen LogP contribution in [0.15, 0.2) is 12.2 Å². The van der Waals surface area contributed by atoms with Crippen LogP contribution in [0.3, 0.4) is 0 Å². The van der Waals surface area contributed by atoms with Crippen molar-refractivity contribution in [2.45, 2.75) is 58.2 Å². The molecule has 0 unspecified atom stereocenters. The van der Waals surface area contributed by atoms with Gasteiger partial charge in [0.25, 0.3) is 0 Å². The van der Waals surface area contributed by atoms with Gasteiger partial charge in [-0.25, -0.2) is 0 Å². The van der Waals surface area contributed by atoms with Crippen LogP contribution in [0.25, 0.3) is 0 Å². The van der Waals surface area contributed by atoms with Crippen LogP contribution in [-0.4, -0.2) is 32.2 Å². The molecule has 0 atom stereocenters. The zero-order valence-electron chi connectivity index (χ0n) is 11.5. The summed E-state index contributed by atoms with van der Waals surface area (Å²) in [6, 6.07) is 4.29. The highest BCUT2D eigenvalue weighted by atomic mass is 28.3. The van der Waals surface area contributed by atoms with Crippen LogP contribution < -0.4 is 0 Å². The summed E-state index contributed by atoms with van der Waals surface area (Å²) in [5.74, 6) is 0. The highest BCUT2D eigenvalue weighted by molar-refractivity contribution is 6.80. The van der Waals surface area contributed by atoms with Crippen molar-refractivity contribution in [3.05, 3.63) is 12.2 Å². The molecule has 0 radical (unpaired) electrons. The maximum atomic E-state index is 2.76. The van der Waals surface area contributed by atoms with E-state index in [1.807, 2.05) is 0 Å². The Morgan fingerprint density at radius 1 is 1.06 bits per heavy atom. The molecule has 0 spiro atoms. The van der Waals surface area contributed by atoms with Gasteiger partial charge in [-0.05, 0) is 45.1 Å². The van der Waals surface area contributed by atoms with Gasteiger partial charge in [-0.15, -0.1) is 0 Å². The van der Waals surface area contributed by atoms with Crippen LogP contribution in [0, 0.1) is 0 Å². The second kappa shape index (κ2) is 7.28. The number of piperidine rings is 1. The number of rotatable bonds is 6. The maximum absolute atomic E-state index is 2.76. The number of likely N-dealkylation sites (tertiary alicyclic amines) is 1. The largest absolute Gasteiger partial charge is 0.306 e. The van der Waals surface area contributed by atoms with Gasteiger partial charge in [0.05, 0.1) is 8.07 Å². The summed E-state index contributed by atoms with van der Waals surface area (Å²) in [5, 5.41) is 0. The summed E-state index contributed by atoms with van der Waals surface area (Å²) in [6.45, 7) is 9.73. The molecule has 0 amide bonds. The van der Waals surface area contributed by atoms with Crippen molar-refractivity contribution < 1.29 is 0 Å². The van der Waals surface area contributed by atoms with E-state index in [9.17, 15) is 0 Å². The predicted molar refractivity (Wildman–Crippen MR) is 76.6 cm³/mol. The van der Waals surface area contributed by atoms with Gasteiger partial charge in [0.2, 0.25) is 0 Å². The van der Waals surface area contributed by atoms with Gasteiger partial charge in [-0.2, -0.15) is 0 Å². The topological polar surface area (TPSA) is 3.24 Å². The van der Waals surface area contributed by atoms with Crippen molar-refractivity contribution in [2.24, 2.45) is 0 Å². The molecule has 0 aromatic heterocycles. The third-order valence-corrected chi connectivity index (χ3v) is 9.51. The molecule has 0 aromatic carbocycles. The molecule has 1 aliphatic rings. The Morgan fingerprint density at radius 2 is 1.69 bits per heavy atom. The van der Waals surface area contributed by atoms with Gasteiger partial charge >= 0.3 is 0 Å². The van der Waals surface area contributed by atoms with E-state index in [1.54, 1.807) is 0 Å². The lowest BCUT2D eigenvalue weighted by atomic mass is 10.1. The molecule has 0 N–H and O–H groups in total. The standard InChI is InChI=1S/C14H29NSi/c1-4-7-13-16(5-2,6-3)14-15-11-9-8-10-12-15/h4,7H,5-6,8-14H2,1-3H3/b7-4+. The van der Waals surface area contributed by atoms with Crippen LogP contribution in [0.2, 0.25) is 18.1 Å². The first kappa shape index (κ1) is 14.0. The van der Waals surface area contributed by atoms with Gasteiger partial charge in [0.1, 0.15) is 0 Å². The van der Waals surface area contributed by atoms with Crippen molar-refractivity contribution >= 4 is 8.07 Å². The number of hydrogen-bond acceptors (Lipinski definition) is 1. The number of hydrogen-bond donors (Lipinski definition) is 0. The Morgan fingerprint density at radius 3 is 2.19 bits per heavy atom. The Balaban J connectivity index is 2.53. The summed E-state index contributed by atoms with van der Waals surface area (Å²) < 4.78 is 0. The Labute approximate surface area is 103 Å². The number of nitrogens with zero attached hydrogens (tertiary/aromatic N) is 1. The SMILES string of the molecule is C/C=C/C[Si](CC)(CC)CN1CCCCC1. The monoisotopic (exact) mass is 239 g/mol. The van der Waals surface area contributed by atoms with Crippen LogP contribution in [0.5, 0.6) is 0 Å². The first-order chi connectivity index (χ1) is 7.76. The second-order valence-corrected chi connectivity index (χ2v) is 10.5. The fourth-order valence-corrected chi connectivity index (χ4v) is 6.44. The quantitative estimate of drug-likeness (QED) is 0.499. The first-order valence-electron chi connectivity index (χ1n) is 7.10. The van der Waals surface area contributed by atoms with Crippen molar-refractivity contribution in [2.75, 3.05) is 19.3 Å². The second-order valence-electron chi connectivity index (χ2n) is 5.32. The van der Waals surface area contributed by atoms with Crippen LogP contribution in [-0.2, 0) is 0 Å². The molecule has 1 fully saturated rings. The van der Waals surface area contributed by atoms with E-state index in [0.29, 0.717) is 0 Å². The molecule has 0 aromatic rings. The molecule has 16 heavy (non-hydrogen) atoms. The van der Waals surface area contributed by atoms with E-state index in [-0.39, 0.29) is 0 Å². The maximum Gasteiger partial charge on any atom is 0.0722 e. The Bertz CT molecular complexity index is 203. The zero-order chi connectivity index (χ0) is 11.9. The van der Waals surface area contributed by atoms with Gasteiger partial charge in [0.15, 0.2) is 0 Å². The van der Waals surface area contributed by atoms with Gasteiger partial charge in [-0.3, -0.25) is 0 Å². The normalized spacial score (nSPS) is 19.4. The molecule has 0 aliphatic carbocycles. The summed E-state index contributed by atoms with van der Waals surface area (Å²) in [4.78, 5) is 2.76. The smallest absolute Gasteiger partial charge is 0.0722 e. The first-order valence-corrected chi connectivity index (χ1v) is 9.92. The molecule has 0 saturated carbocycles. The van der Waals surface area contributed by atoms with Crippen LogP contribution in [0.1, 0.15) is 40.0 Å². The van der Waals surface area contributed by atoms with E-state index >= 15 is 0 Å². The molecular weight excluding hydrogens is 210 g/mol. The Hall–Kier alpha value is -0.0831. The molecule has 1 heterocycles. The summed E-state index contributed by atoms with van der Waals surface area (Å²) in [7, 11) is -1.01. The molecule has 0 bridgehead atoms. The minimum atomic E-state index is -1.01. The van der Waals surface area contributed by atoms with E-state index in [0.717, 1.165) is 0 Å². The molecule has 2 heteroatoms. The van der Waals surface area contributed by atoms with Crippen molar-refractivity contribution in [3.8, 4) is 0 Å². The summed E-state index contributed by atoms with van der Waals surface area (Å²) >= 11 is 0. The molecule has 94 valence electrons. The molecule has 1 aliphatic heterocycles. The molecular formula is C14H29NSi. The van der Waals surface area contributed by atoms with Gasteiger partial charge in [-0.1, -0.05) is 44.5 Å². The summed E-state index contributed by atoms with van der Waals surface area (Å²) in [5.41, 5.74) is 0. The van der Waals surface area contributed by atoms with E-state index in [4.69, 9.17) is 0 Å². The van der Waals surface area contributed by atoms with Crippen molar-refractivity contribution in [1.29, 1.82) is 0 Å². The fourth-order valence-electron chi connectivity index (χ4n) is 2.79. The zero-order valence-corrected chi connectivity index (χ0v) is 12.5. The van der Waals surface area contributed by atoms with Gasteiger partial charge in [0, 0.05) is 0 Å². The fraction of sp³-hybridized carbons (Fsp3) is 0.857. The predicted octanol–water partition coefficient (Wildman–Crippen LogP) is 4.08. The summed E-state index contributed by atoms with van der Waals surface area (Å²) in [6.07, 6.45) is 10.4. The lowest BCUT2D eigenvalue weighted by Crippen LogP contribution is -2.47. The van der Waals surface area contributed by atoms with Crippen molar-refractivity contribution in [3.63, 3.8) is 0 Å². The highest BCUT2D eigenvalue weighted by Crippen LogP contribution is 2.24. The Kier molecular flexibility index (Phi) is 6.36. The van der Waals surface area contributed by atoms with Crippen LogP contribution >= 0.6 is 0 Å². The molecule has 1 saturated heterocycles.